The van der Waals surface area contributed by atoms with E-state index < -0.39 is 10.2 Å². The second kappa shape index (κ2) is 6.10. The normalized spacial score (nSPS) is 19.7. The van der Waals surface area contributed by atoms with Gasteiger partial charge in [-0.3, -0.25) is 4.68 Å². The molecular weight excluding hydrogens is 316 g/mol. The van der Waals surface area contributed by atoms with E-state index in [0.29, 0.717) is 13.1 Å². The van der Waals surface area contributed by atoms with Crippen molar-refractivity contribution in [2.45, 2.75) is 32.4 Å². The van der Waals surface area contributed by atoms with E-state index >= 15 is 0 Å². The van der Waals surface area contributed by atoms with Gasteiger partial charge in [-0.05, 0) is 31.9 Å². The van der Waals surface area contributed by atoms with Crippen molar-refractivity contribution in [1.82, 2.24) is 18.4 Å². The summed E-state index contributed by atoms with van der Waals surface area (Å²) >= 11 is 0. The van der Waals surface area contributed by atoms with Crippen molar-refractivity contribution in [1.29, 1.82) is 0 Å². The SMILES string of the molecule is Cc1ccc(C2CCCN2S(=O)(=O)N(C)Cc2cnn(C)c2)o1. The van der Waals surface area contributed by atoms with E-state index in [1.54, 1.807) is 22.2 Å². The molecule has 0 amide bonds. The molecule has 126 valence electrons. The van der Waals surface area contributed by atoms with Gasteiger partial charge >= 0.3 is 0 Å². The Labute approximate surface area is 136 Å². The van der Waals surface area contributed by atoms with Crippen LogP contribution in [0, 0.1) is 6.92 Å². The maximum absolute atomic E-state index is 12.9. The Kier molecular flexibility index (Phi) is 4.31. The fourth-order valence-corrected chi connectivity index (χ4v) is 4.57. The molecule has 0 aliphatic carbocycles. The van der Waals surface area contributed by atoms with E-state index in [2.05, 4.69) is 5.10 Å². The average molecular weight is 338 g/mol. The fraction of sp³-hybridized carbons (Fsp3) is 0.533. The maximum Gasteiger partial charge on any atom is 0.282 e. The third-order valence-corrected chi connectivity index (χ3v) is 6.09. The summed E-state index contributed by atoms with van der Waals surface area (Å²) < 4.78 is 36.1. The molecule has 0 bridgehead atoms. The highest BCUT2D eigenvalue weighted by Gasteiger charge is 2.39. The molecular formula is C15H22N4O3S. The Bertz CT molecular complexity index is 780. The Morgan fingerprint density at radius 1 is 1.43 bits per heavy atom. The lowest BCUT2D eigenvalue weighted by molar-refractivity contribution is 0.308. The number of aromatic nitrogens is 2. The third kappa shape index (κ3) is 3.19. The van der Waals surface area contributed by atoms with Gasteiger partial charge in [0.1, 0.15) is 11.5 Å². The number of furan rings is 1. The summed E-state index contributed by atoms with van der Waals surface area (Å²) in [5.74, 6) is 1.52. The number of hydrogen-bond donors (Lipinski definition) is 0. The van der Waals surface area contributed by atoms with Crippen molar-refractivity contribution >= 4 is 10.2 Å². The van der Waals surface area contributed by atoms with Crippen LogP contribution in [0.25, 0.3) is 0 Å². The minimum atomic E-state index is -3.55. The summed E-state index contributed by atoms with van der Waals surface area (Å²) in [6.07, 6.45) is 5.13. The third-order valence-electron chi connectivity index (χ3n) is 4.15. The molecule has 23 heavy (non-hydrogen) atoms. The van der Waals surface area contributed by atoms with Crippen molar-refractivity contribution in [2.24, 2.45) is 7.05 Å². The molecule has 8 heteroatoms. The van der Waals surface area contributed by atoms with Gasteiger partial charge in [0.05, 0.1) is 12.2 Å². The zero-order valence-electron chi connectivity index (χ0n) is 13.6. The number of hydrogen-bond acceptors (Lipinski definition) is 4. The molecule has 1 aliphatic rings. The van der Waals surface area contributed by atoms with Crippen LogP contribution < -0.4 is 0 Å². The number of aryl methyl sites for hydroxylation is 2. The van der Waals surface area contributed by atoms with Gasteiger partial charge < -0.3 is 4.42 Å². The molecule has 1 unspecified atom stereocenters. The van der Waals surface area contributed by atoms with Crippen LogP contribution in [0.15, 0.2) is 28.9 Å². The Morgan fingerprint density at radius 2 is 2.22 bits per heavy atom. The molecule has 0 radical (unpaired) electrons. The highest BCUT2D eigenvalue weighted by Crippen LogP contribution is 2.36. The average Bonchev–Trinajstić information content (AvgIpc) is 3.19. The fourth-order valence-electron chi connectivity index (χ4n) is 3.00. The molecule has 1 atom stereocenters. The second-order valence-electron chi connectivity index (χ2n) is 6.00. The Balaban J connectivity index is 1.80. The van der Waals surface area contributed by atoms with E-state index in [9.17, 15) is 8.42 Å². The van der Waals surface area contributed by atoms with Crippen molar-refractivity contribution < 1.29 is 12.8 Å². The van der Waals surface area contributed by atoms with Crippen LogP contribution in [0.1, 0.15) is 36.0 Å². The number of nitrogens with zero attached hydrogens (tertiary/aromatic N) is 4. The van der Waals surface area contributed by atoms with Crippen molar-refractivity contribution in [2.75, 3.05) is 13.6 Å². The zero-order chi connectivity index (χ0) is 16.6. The van der Waals surface area contributed by atoms with Gasteiger partial charge in [-0.2, -0.15) is 22.1 Å². The molecule has 2 aromatic rings. The van der Waals surface area contributed by atoms with Crippen LogP contribution in [0.5, 0.6) is 0 Å². The quantitative estimate of drug-likeness (QED) is 0.834. The van der Waals surface area contributed by atoms with E-state index in [4.69, 9.17) is 4.42 Å². The van der Waals surface area contributed by atoms with Gasteiger partial charge in [-0.15, -0.1) is 0 Å². The predicted molar refractivity (Wildman–Crippen MR) is 85.7 cm³/mol. The highest BCUT2D eigenvalue weighted by atomic mass is 32.2. The van der Waals surface area contributed by atoms with E-state index in [-0.39, 0.29) is 6.04 Å². The molecule has 0 aromatic carbocycles. The summed E-state index contributed by atoms with van der Waals surface area (Å²) in [7, 11) is -0.131. The van der Waals surface area contributed by atoms with Crippen molar-refractivity contribution in [3.05, 3.63) is 41.6 Å². The van der Waals surface area contributed by atoms with E-state index in [1.807, 2.05) is 32.3 Å². The topological polar surface area (TPSA) is 71.6 Å². The van der Waals surface area contributed by atoms with Gasteiger partial charge in [0.15, 0.2) is 0 Å². The largest absolute Gasteiger partial charge is 0.465 e. The minimum absolute atomic E-state index is 0.218. The van der Waals surface area contributed by atoms with Gasteiger partial charge in [-0.25, -0.2) is 0 Å². The van der Waals surface area contributed by atoms with E-state index in [1.165, 1.54) is 4.31 Å². The summed E-state index contributed by atoms with van der Waals surface area (Å²) in [5.41, 5.74) is 0.864. The van der Waals surface area contributed by atoms with Crippen LogP contribution in [0.4, 0.5) is 0 Å². The highest BCUT2D eigenvalue weighted by molar-refractivity contribution is 7.86. The first-order chi connectivity index (χ1) is 10.9. The summed E-state index contributed by atoms with van der Waals surface area (Å²) in [6.45, 7) is 2.69. The van der Waals surface area contributed by atoms with Gasteiger partial charge in [0.25, 0.3) is 10.2 Å². The molecule has 0 N–H and O–H groups in total. The lowest BCUT2D eigenvalue weighted by atomic mass is 10.2. The Morgan fingerprint density at radius 3 is 2.83 bits per heavy atom. The summed E-state index contributed by atoms with van der Waals surface area (Å²) in [5, 5.41) is 4.08. The zero-order valence-corrected chi connectivity index (χ0v) is 14.5. The standard InChI is InChI=1S/C15H22N4O3S/c1-12-6-7-15(22-12)14-5-4-8-19(14)23(20,21)18(3)11-13-9-16-17(2)10-13/h6-7,9-10,14H,4-5,8,11H2,1-3H3. The molecule has 3 rings (SSSR count). The molecule has 0 spiro atoms. The van der Waals surface area contributed by atoms with Crippen LogP contribution in [-0.2, 0) is 23.8 Å². The van der Waals surface area contributed by atoms with Crippen LogP contribution in [0.2, 0.25) is 0 Å². The van der Waals surface area contributed by atoms with Gasteiger partial charge in [0.2, 0.25) is 0 Å². The van der Waals surface area contributed by atoms with Gasteiger partial charge in [0, 0.05) is 38.9 Å². The molecule has 0 saturated carbocycles. The van der Waals surface area contributed by atoms with Crippen molar-refractivity contribution in [3.8, 4) is 0 Å². The van der Waals surface area contributed by atoms with Crippen LogP contribution in [-0.4, -0.2) is 40.4 Å². The first-order valence-corrected chi connectivity index (χ1v) is 9.04. The summed E-state index contributed by atoms with van der Waals surface area (Å²) in [6, 6.07) is 3.53. The lowest BCUT2D eigenvalue weighted by Gasteiger charge is -2.27. The Hall–Kier alpha value is -1.64. The first-order valence-electron chi connectivity index (χ1n) is 7.65. The predicted octanol–water partition coefficient (Wildman–Crippen LogP) is 1.84. The molecule has 3 heterocycles. The minimum Gasteiger partial charge on any atom is -0.465 e. The molecule has 7 nitrogen and oxygen atoms in total. The molecule has 1 fully saturated rings. The maximum atomic E-state index is 12.9. The number of rotatable bonds is 5. The van der Waals surface area contributed by atoms with E-state index in [0.717, 1.165) is 29.9 Å². The second-order valence-corrected chi connectivity index (χ2v) is 7.99. The monoisotopic (exact) mass is 338 g/mol. The smallest absolute Gasteiger partial charge is 0.282 e. The molecule has 2 aromatic heterocycles. The molecule has 1 aliphatic heterocycles. The molecule has 1 saturated heterocycles. The van der Waals surface area contributed by atoms with Gasteiger partial charge in [-0.1, -0.05) is 0 Å². The van der Waals surface area contributed by atoms with Crippen LogP contribution >= 0.6 is 0 Å². The summed E-state index contributed by atoms with van der Waals surface area (Å²) in [4.78, 5) is 0. The van der Waals surface area contributed by atoms with Crippen LogP contribution in [0.3, 0.4) is 0 Å². The lowest BCUT2D eigenvalue weighted by Crippen LogP contribution is -2.41. The van der Waals surface area contributed by atoms with Crippen molar-refractivity contribution in [3.63, 3.8) is 0 Å². The first kappa shape index (κ1) is 16.2.